The molecule has 0 saturated carbocycles. The lowest BCUT2D eigenvalue weighted by Crippen LogP contribution is -2.35. The van der Waals surface area contributed by atoms with E-state index in [0.717, 1.165) is 55.4 Å². The Morgan fingerprint density at radius 1 is 1.30 bits per heavy atom. The summed E-state index contributed by atoms with van der Waals surface area (Å²) in [6.07, 6.45) is 5.30. The number of hydrogen-bond donors (Lipinski definition) is 0. The van der Waals surface area contributed by atoms with Gasteiger partial charge < -0.3 is 4.90 Å². The largest absolute Gasteiger partial charge is 0.352 e. The molecule has 7 nitrogen and oxygen atoms in total. The van der Waals surface area contributed by atoms with Gasteiger partial charge in [0.05, 0.1) is 5.39 Å². The van der Waals surface area contributed by atoms with Crippen LogP contribution in [0.15, 0.2) is 4.79 Å². The Morgan fingerprint density at radius 3 is 2.85 bits per heavy atom. The second-order valence-electron chi connectivity index (χ2n) is 7.88. The number of hydrogen-bond acceptors (Lipinski definition) is 5. The normalized spacial score (nSPS) is 19.9. The van der Waals surface area contributed by atoms with Gasteiger partial charge in [-0.2, -0.15) is 0 Å². The van der Waals surface area contributed by atoms with Crippen molar-refractivity contribution in [1.29, 1.82) is 0 Å². The summed E-state index contributed by atoms with van der Waals surface area (Å²) in [4.78, 5) is 34.3. The zero-order chi connectivity index (χ0) is 18.7. The number of aryl methyl sites for hydroxylation is 2. The lowest BCUT2D eigenvalue weighted by Gasteiger charge is -2.17. The van der Waals surface area contributed by atoms with Crippen LogP contribution in [0, 0.1) is 12.8 Å². The van der Waals surface area contributed by atoms with Crippen LogP contribution in [0.5, 0.6) is 0 Å². The number of rotatable bonds is 2. The van der Waals surface area contributed by atoms with Crippen LogP contribution in [0.1, 0.15) is 42.5 Å². The van der Waals surface area contributed by atoms with Crippen LogP contribution in [-0.4, -0.2) is 43.1 Å². The van der Waals surface area contributed by atoms with Crippen molar-refractivity contribution in [2.45, 2.75) is 52.5 Å². The monoisotopic (exact) mass is 385 g/mol. The standard InChI is InChI=1S/C19H23N5O2S/c1-11-5-6-13-14(9-11)27-18-16(13)17-21-23(19(26)24(17)12(2)20-18)10-15(25)22-7-3-4-8-22/h11H,3-10H2,1-2H3/t11-/m0/s1. The maximum Gasteiger partial charge on any atom is 0.352 e. The molecule has 2 aliphatic rings. The van der Waals surface area contributed by atoms with Crippen molar-refractivity contribution in [1.82, 2.24) is 24.1 Å². The van der Waals surface area contributed by atoms with Gasteiger partial charge >= 0.3 is 5.69 Å². The summed E-state index contributed by atoms with van der Waals surface area (Å²) in [6.45, 7) is 5.68. The third-order valence-corrected chi connectivity index (χ3v) is 7.04. The average Bonchev–Trinajstić information content (AvgIpc) is 3.33. The highest BCUT2D eigenvalue weighted by molar-refractivity contribution is 7.19. The average molecular weight is 385 g/mol. The molecule has 27 heavy (non-hydrogen) atoms. The molecule has 5 rings (SSSR count). The van der Waals surface area contributed by atoms with Crippen LogP contribution in [-0.2, 0) is 24.2 Å². The Hall–Kier alpha value is -2.22. The Balaban J connectivity index is 1.65. The van der Waals surface area contributed by atoms with Gasteiger partial charge in [-0.25, -0.2) is 18.9 Å². The SMILES string of the molecule is Cc1nc2sc3c(c2c2nn(CC(=O)N4CCCC4)c(=O)n12)CC[C@H](C)C3. The third kappa shape index (κ3) is 2.61. The molecular weight excluding hydrogens is 362 g/mol. The lowest BCUT2D eigenvalue weighted by molar-refractivity contribution is -0.131. The van der Waals surface area contributed by atoms with Gasteiger partial charge in [-0.3, -0.25) is 4.79 Å². The Bertz CT molecular complexity index is 1120. The van der Waals surface area contributed by atoms with Crippen LogP contribution in [0.4, 0.5) is 0 Å². The first kappa shape index (κ1) is 16.9. The molecule has 1 aliphatic carbocycles. The Labute approximate surface area is 160 Å². The smallest absolute Gasteiger partial charge is 0.341 e. The predicted molar refractivity (Wildman–Crippen MR) is 104 cm³/mol. The van der Waals surface area contributed by atoms with Gasteiger partial charge in [0.1, 0.15) is 17.2 Å². The van der Waals surface area contributed by atoms with Gasteiger partial charge in [-0.1, -0.05) is 6.92 Å². The van der Waals surface area contributed by atoms with Crippen LogP contribution in [0.3, 0.4) is 0 Å². The third-order valence-electron chi connectivity index (χ3n) is 5.89. The molecule has 3 aromatic heterocycles. The topological polar surface area (TPSA) is 72.5 Å². The first-order valence-electron chi connectivity index (χ1n) is 9.71. The molecule has 0 N–H and O–H groups in total. The summed E-state index contributed by atoms with van der Waals surface area (Å²) in [5.74, 6) is 1.29. The fourth-order valence-corrected chi connectivity index (χ4v) is 5.82. The molecule has 8 heteroatoms. The van der Waals surface area contributed by atoms with E-state index in [4.69, 9.17) is 4.98 Å². The molecule has 0 unspecified atom stereocenters. The highest BCUT2D eigenvalue weighted by Crippen LogP contribution is 2.38. The minimum atomic E-state index is -0.270. The van der Waals surface area contributed by atoms with Crippen LogP contribution in [0.2, 0.25) is 0 Å². The number of aromatic nitrogens is 4. The summed E-state index contributed by atoms with van der Waals surface area (Å²) >= 11 is 1.73. The predicted octanol–water partition coefficient (Wildman–Crippen LogP) is 2.16. The van der Waals surface area contributed by atoms with Crippen molar-refractivity contribution in [3.8, 4) is 0 Å². The molecule has 142 valence electrons. The molecule has 1 saturated heterocycles. The van der Waals surface area contributed by atoms with Crippen LogP contribution >= 0.6 is 11.3 Å². The van der Waals surface area contributed by atoms with Crippen molar-refractivity contribution in [2.75, 3.05) is 13.1 Å². The Kier molecular flexibility index (Phi) is 3.86. The van der Waals surface area contributed by atoms with Crippen molar-refractivity contribution in [3.63, 3.8) is 0 Å². The second kappa shape index (κ2) is 6.15. The molecule has 1 fully saturated rings. The number of amides is 1. The van der Waals surface area contributed by atoms with Gasteiger partial charge in [0.2, 0.25) is 5.91 Å². The molecule has 4 heterocycles. The molecule has 1 aliphatic heterocycles. The van der Waals surface area contributed by atoms with Gasteiger partial charge in [-0.15, -0.1) is 16.4 Å². The minimum absolute atomic E-state index is 0.00477. The number of likely N-dealkylation sites (tertiary alicyclic amines) is 1. The van der Waals surface area contributed by atoms with Gasteiger partial charge in [0.25, 0.3) is 0 Å². The van der Waals surface area contributed by atoms with Crippen LogP contribution in [0.25, 0.3) is 15.9 Å². The molecule has 3 aromatic rings. The summed E-state index contributed by atoms with van der Waals surface area (Å²) in [6, 6.07) is 0. The summed E-state index contributed by atoms with van der Waals surface area (Å²) in [7, 11) is 0. The lowest BCUT2D eigenvalue weighted by atomic mass is 9.89. The van der Waals surface area contributed by atoms with E-state index in [1.54, 1.807) is 15.7 Å². The maximum atomic E-state index is 12.9. The van der Waals surface area contributed by atoms with E-state index in [1.165, 1.54) is 15.1 Å². The van der Waals surface area contributed by atoms with Gasteiger partial charge in [0, 0.05) is 18.0 Å². The molecule has 0 bridgehead atoms. The van der Waals surface area contributed by atoms with E-state index < -0.39 is 0 Å². The quantitative estimate of drug-likeness (QED) is 0.678. The summed E-state index contributed by atoms with van der Waals surface area (Å²) < 4.78 is 2.89. The first-order chi connectivity index (χ1) is 13.0. The zero-order valence-corrected chi connectivity index (χ0v) is 16.5. The van der Waals surface area contributed by atoms with Crippen LogP contribution < -0.4 is 5.69 Å². The molecule has 0 radical (unpaired) electrons. The number of thiophene rings is 1. The number of fused-ring (bicyclic) bond motifs is 5. The summed E-state index contributed by atoms with van der Waals surface area (Å²) in [5, 5.41) is 5.61. The number of nitrogens with zero attached hydrogens (tertiary/aromatic N) is 5. The summed E-state index contributed by atoms with van der Waals surface area (Å²) in [5.41, 5.74) is 1.69. The highest BCUT2D eigenvalue weighted by atomic mass is 32.1. The fourth-order valence-electron chi connectivity index (χ4n) is 4.40. The highest BCUT2D eigenvalue weighted by Gasteiger charge is 2.26. The minimum Gasteiger partial charge on any atom is -0.341 e. The van der Waals surface area contributed by atoms with Gasteiger partial charge in [0.15, 0.2) is 5.65 Å². The van der Waals surface area contributed by atoms with Crippen molar-refractivity contribution < 1.29 is 4.79 Å². The molecule has 0 spiro atoms. The van der Waals surface area contributed by atoms with Crippen molar-refractivity contribution in [3.05, 3.63) is 26.7 Å². The van der Waals surface area contributed by atoms with E-state index in [0.29, 0.717) is 17.4 Å². The maximum absolute atomic E-state index is 12.9. The van der Waals surface area contributed by atoms with E-state index in [-0.39, 0.29) is 18.1 Å². The number of carbonyl (C=O) groups excluding carboxylic acids is 1. The van der Waals surface area contributed by atoms with E-state index in [9.17, 15) is 9.59 Å². The van der Waals surface area contributed by atoms with E-state index in [1.807, 2.05) is 11.8 Å². The second-order valence-corrected chi connectivity index (χ2v) is 8.96. The Morgan fingerprint density at radius 2 is 2.07 bits per heavy atom. The number of carbonyl (C=O) groups is 1. The molecule has 1 atom stereocenters. The van der Waals surface area contributed by atoms with E-state index >= 15 is 0 Å². The molecule has 1 amide bonds. The molecular formula is C19H23N5O2S. The fraction of sp³-hybridized carbons (Fsp3) is 0.579. The zero-order valence-electron chi connectivity index (χ0n) is 15.7. The van der Waals surface area contributed by atoms with Crippen molar-refractivity contribution >= 4 is 33.1 Å². The first-order valence-corrected chi connectivity index (χ1v) is 10.5. The van der Waals surface area contributed by atoms with E-state index in [2.05, 4.69) is 12.0 Å². The van der Waals surface area contributed by atoms with Gasteiger partial charge in [-0.05, 0) is 50.5 Å². The molecule has 0 aromatic carbocycles. The van der Waals surface area contributed by atoms with Crippen molar-refractivity contribution in [2.24, 2.45) is 5.92 Å².